The Morgan fingerprint density at radius 3 is 2.54 bits per heavy atom. The summed E-state index contributed by atoms with van der Waals surface area (Å²) in [6, 6.07) is 10.1. The van der Waals surface area contributed by atoms with Crippen LogP contribution < -0.4 is 10.6 Å². The Balaban J connectivity index is 1.93. The molecule has 0 spiro atoms. The van der Waals surface area contributed by atoms with Gasteiger partial charge in [0.05, 0.1) is 17.4 Å². The summed E-state index contributed by atoms with van der Waals surface area (Å²) in [6.07, 6.45) is 5.25. The number of carbonyl (C=O) groups excluding carboxylic acids is 1. The molecule has 2 aromatic rings. The monoisotopic (exact) mass is 326 g/mol. The van der Waals surface area contributed by atoms with Crippen LogP contribution in [-0.4, -0.2) is 43.0 Å². The highest BCUT2D eigenvalue weighted by Crippen LogP contribution is 2.17. The van der Waals surface area contributed by atoms with Crippen LogP contribution in [0.5, 0.6) is 0 Å². The van der Waals surface area contributed by atoms with Gasteiger partial charge < -0.3 is 15.5 Å². The lowest BCUT2D eigenvalue weighted by atomic mass is 10.1. The Morgan fingerprint density at radius 2 is 1.88 bits per heavy atom. The molecule has 5 heteroatoms. The Bertz CT molecular complexity index is 653. The van der Waals surface area contributed by atoms with Crippen molar-refractivity contribution in [2.75, 3.05) is 32.5 Å². The third kappa shape index (κ3) is 5.66. The van der Waals surface area contributed by atoms with Gasteiger partial charge >= 0.3 is 0 Å². The third-order valence-corrected chi connectivity index (χ3v) is 3.72. The first-order chi connectivity index (χ1) is 11.6. The molecular weight excluding hydrogens is 300 g/mol. The van der Waals surface area contributed by atoms with Crippen molar-refractivity contribution in [3.05, 3.63) is 53.9 Å². The van der Waals surface area contributed by atoms with Crippen molar-refractivity contribution in [2.45, 2.75) is 19.8 Å². The summed E-state index contributed by atoms with van der Waals surface area (Å²) in [6.45, 7) is 3.74. The number of amides is 1. The highest BCUT2D eigenvalue weighted by atomic mass is 16.1. The molecule has 0 unspecified atom stereocenters. The largest absolute Gasteiger partial charge is 0.354 e. The summed E-state index contributed by atoms with van der Waals surface area (Å²) in [5.74, 6) is -0.0914. The van der Waals surface area contributed by atoms with Gasteiger partial charge in [-0.05, 0) is 57.2 Å². The van der Waals surface area contributed by atoms with Crippen LogP contribution in [0.4, 0.5) is 11.4 Å². The van der Waals surface area contributed by atoms with Crippen LogP contribution in [0.15, 0.2) is 42.7 Å². The van der Waals surface area contributed by atoms with Crippen LogP contribution in [0.3, 0.4) is 0 Å². The number of benzene rings is 1. The van der Waals surface area contributed by atoms with Crippen molar-refractivity contribution < 1.29 is 4.79 Å². The van der Waals surface area contributed by atoms with Crippen molar-refractivity contribution in [2.24, 2.45) is 0 Å². The Kier molecular flexibility index (Phi) is 6.75. The molecule has 1 heterocycles. The quantitative estimate of drug-likeness (QED) is 0.732. The number of hydrogen-bond acceptors (Lipinski definition) is 4. The van der Waals surface area contributed by atoms with Crippen LogP contribution >= 0.6 is 0 Å². The van der Waals surface area contributed by atoms with Crippen molar-refractivity contribution in [3.63, 3.8) is 0 Å². The molecular formula is C19H26N4O. The van der Waals surface area contributed by atoms with Gasteiger partial charge in [-0.25, -0.2) is 0 Å². The lowest BCUT2D eigenvalue weighted by Gasteiger charge is -2.11. The predicted molar refractivity (Wildman–Crippen MR) is 98.8 cm³/mol. The molecule has 1 aromatic heterocycles. The van der Waals surface area contributed by atoms with Crippen LogP contribution in [-0.2, 0) is 6.42 Å². The van der Waals surface area contributed by atoms with E-state index in [0.717, 1.165) is 30.8 Å². The Morgan fingerprint density at radius 1 is 1.12 bits per heavy atom. The topological polar surface area (TPSA) is 57.3 Å². The molecule has 0 radical (unpaired) electrons. The van der Waals surface area contributed by atoms with E-state index < -0.39 is 0 Å². The van der Waals surface area contributed by atoms with Gasteiger partial charge in [0.15, 0.2) is 0 Å². The van der Waals surface area contributed by atoms with Crippen LogP contribution in [0.25, 0.3) is 0 Å². The fourth-order valence-electron chi connectivity index (χ4n) is 2.32. The van der Waals surface area contributed by atoms with Gasteiger partial charge in [-0.2, -0.15) is 0 Å². The summed E-state index contributed by atoms with van der Waals surface area (Å²) in [5.41, 5.74) is 3.65. The van der Waals surface area contributed by atoms with E-state index in [2.05, 4.69) is 39.6 Å². The van der Waals surface area contributed by atoms with Crippen molar-refractivity contribution in [3.8, 4) is 0 Å². The van der Waals surface area contributed by atoms with Crippen LogP contribution in [0.1, 0.15) is 29.3 Å². The fraction of sp³-hybridized carbons (Fsp3) is 0.368. The molecule has 0 saturated heterocycles. The lowest BCUT2D eigenvalue weighted by Crippen LogP contribution is -2.27. The summed E-state index contributed by atoms with van der Waals surface area (Å²) in [7, 11) is 4.04. The second kappa shape index (κ2) is 9.03. The number of anilines is 2. The summed E-state index contributed by atoms with van der Waals surface area (Å²) >= 11 is 0. The number of aromatic nitrogens is 1. The van der Waals surface area contributed by atoms with E-state index in [9.17, 15) is 4.79 Å². The Labute approximate surface area is 144 Å². The lowest BCUT2D eigenvalue weighted by molar-refractivity contribution is 0.0952. The van der Waals surface area contributed by atoms with E-state index in [-0.39, 0.29) is 5.91 Å². The molecule has 1 amide bonds. The molecule has 0 bridgehead atoms. The van der Waals surface area contributed by atoms with Gasteiger partial charge in [-0.3, -0.25) is 9.78 Å². The van der Waals surface area contributed by atoms with E-state index in [4.69, 9.17) is 0 Å². The van der Waals surface area contributed by atoms with Gasteiger partial charge in [0, 0.05) is 18.4 Å². The highest BCUT2D eigenvalue weighted by molar-refractivity contribution is 5.94. The van der Waals surface area contributed by atoms with E-state index in [0.29, 0.717) is 12.1 Å². The van der Waals surface area contributed by atoms with Crippen molar-refractivity contribution in [1.82, 2.24) is 15.2 Å². The zero-order valence-electron chi connectivity index (χ0n) is 14.7. The minimum Gasteiger partial charge on any atom is -0.354 e. The van der Waals surface area contributed by atoms with Gasteiger partial charge in [-0.15, -0.1) is 0 Å². The zero-order chi connectivity index (χ0) is 17.4. The van der Waals surface area contributed by atoms with Crippen LogP contribution in [0, 0.1) is 0 Å². The van der Waals surface area contributed by atoms with Gasteiger partial charge in [-0.1, -0.05) is 19.1 Å². The average Bonchev–Trinajstić information content (AvgIpc) is 2.59. The smallest absolute Gasteiger partial charge is 0.252 e. The second-order valence-corrected chi connectivity index (χ2v) is 6.05. The van der Waals surface area contributed by atoms with Crippen molar-refractivity contribution >= 4 is 17.3 Å². The number of hydrogen-bond donors (Lipinski definition) is 2. The molecule has 1 aromatic carbocycles. The number of nitrogens with zero attached hydrogens (tertiary/aromatic N) is 2. The minimum atomic E-state index is -0.0914. The maximum Gasteiger partial charge on any atom is 0.252 e. The van der Waals surface area contributed by atoms with Crippen LogP contribution in [0.2, 0.25) is 0 Å². The van der Waals surface area contributed by atoms with E-state index in [1.807, 2.05) is 32.3 Å². The molecule has 0 aliphatic carbocycles. The summed E-state index contributed by atoms with van der Waals surface area (Å²) in [5, 5.41) is 6.21. The maximum absolute atomic E-state index is 12.2. The second-order valence-electron chi connectivity index (χ2n) is 6.05. The zero-order valence-corrected chi connectivity index (χ0v) is 14.7. The standard InChI is InChI=1S/C19H26N4O/c1-4-15-6-8-17(9-7-15)22-18-12-16(13-20-14-18)19(24)21-10-5-11-23(2)3/h6-9,12-14,22H,4-5,10-11H2,1-3H3,(H,21,24). The number of rotatable bonds is 8. The fourth-order valence-corrected chi connectivity index (χ4v) is 2.32. The molecule has 2 N–H and O–H groups in total. The maximum atomic E-state index is 12.2. The Hall–Kier alpha value is -2.40. The molecule has 0 aliphatic rings. The highest BCUT2D eigenvalue weighted by Gasteiger charge is 2.07. The molecule has 24 heavy (non-hydrogen) atoms. The molecule has 0 atom stereocenters. The van der Waals surface area contributed by atoms with Gasteiger partial charge in [0.2, 0.25) is 0 Å². The van der Waals surface area contributed by atoms with E-state index >= 15 is 0 Å². The first-order valence-corrected chi connectivity index (χ1v) is 8.32. The summed E-state index contributed by atoms with van der Waals surface area (Å²) in [4.78, 5) is 18.4. The molecule has 0 saturated carbocycles. The number of nitrogens with one attached hydrogen (secondary N) is 2. The first kappa shape index (κ1) is 17.9. The SMILES string of the molecule is CCc1ccc(Nc2cncc(C(=O)NCCCN(C)C)c2)cc1. The number of aryl methyl sites for hydroxylation is 1. The number of pyridine rings is 1. The molecule has 2 rings (SSSR count). The van der Waals surface area contributed by atoms with Gasteiger partial charge in [0.1, 0.15) is 0 Å². The van der Waals surface area contributed by atoms with Gasteiger partial charge in [0.25, 0.3) is 5.91 Å². The molecule has 128 valence electrons. The first-order valence-electron chi connectivity index (χ1n) is 8.32. The third-order valence-electron chi connectivity index (χ3n) is 3.72. The molecule has 5 nitrogen and oxygen atoms in total. The molecule has 0 fully saturated rings. The van der Waals surface area contributed by atoms with E-state index in [1.165, 1.54) is 5.56 Å². The summed E-state index contributed by atoms with van der Waals surface area (Å²) < 4.78 is 0. The van der Waals surface area contributed by atoms with E-state index in [1.54, 1.807) is 12.4 Å². The van der Waals surface area contributed by atoms with Crippen molar-refractivity contribution in [1.29, 1.82) is 0 Å². The minimum absolute atomic E-state index is 0.0914. The number of carbonyl (C=O) groups is 1. The normalized spacial score (nSPS) is 10.7. The predicted octanol–water partition coefficient (Wildman–Crippen LogP) is 3.07. The average molecular weight is 326 g/mol. The molecule has 0 aliphatic heterocycles.